The van der Waals surface area contributed by atoms with Crippen molar-refractivity contribution in [3.63, 3.8) is 0 Å². The first-order valence-electron chi connectivity index (χ1n) is 11.0. The van der Waals surface area contributed by atoms with Crippen molar-refractivity contribution in [2.24, 2.45) is 0 Å². The zero-order chi connectivity index (χ0) is 23.5. The van der Waals surface area contributed by atoms with E-state index in [4.69, 9.17) is 18.9 Å². The molecule has 0 aliphatic heterocycles. The van der Waals surface area contributed by atoms with Crippen LogP contribution in [0.1, 0.15) is 30.6 Å². The molecule has 3 rings (SSSR count). The second-order valence-electron chi connectivity index (χ2n) is 7.18. The van der Waals surface area contributed by atoms with Crippen LogP contribution in [0.5, 0.6) is 11.5 Å². The van der Waals surface area contributed by atoms with Gasteiger partial charge in [0.15, 0.2) is 6.10 Å². The van der Waals surface area contributed by atoms with Crippen LogP contribution in [-0.2, 0) is 14.3 Å². The zero-order valence-electron chi connectivity index (χ0n) is 18.9. The Hall–Kier alpha value is -3.64. The number of benzene rings is 3. The Kier molecular flexibility index (Phi) is 9.03. The smallest absolute Gasteiger partial charge is 0.352 e. The molecule has 0 aliphatic rings. The summed E-state index contributed by atoms with van der Waals surface area (Å²) in [4.78, 5) is 24.6. The Bertz CT molecular complexity index is 1010. The second-order valence-corrected chi connectivity index (χ2v) is 7.18. The SMILES string of the molecule is CCOCCOC(=O)c1ccc(OC(=O)C(CC)Oc2ccc(-c3ccccc3)cc2)cc1. The van der Waals surface area contributed by atoms with Gasteiger partial charge in [-0.05, 0) is 60.9 Å². The van der Waals surface area contributed by atoms with Crippen LogP contribution in [0.3, 0.4) is 0 Å². The van der Waals surface area contributed by atoms with Crippen LogP contribution in [0.25, 0.3) is 11.1 Å². The number of ether oxygens (including phenoxy) is 4. The van der Waals surface area contributed by atoms with Gasteiger partial charge >= 0.3 is 11.9 Å². The minimum Gasteiger partial charge on any atom is -0.479 e. The largest absolute Gasteiger partial charge is 0.479 e. The molecule has 0 saturated carbocycles. The van der Waals surface area contributed by atoms with Gasteiger partial charge < -0.3 is 18.9 Å². The van der Waals surface area contributed by atoms with Crippen LogP contribution in [0.15, 0.2) is 78.9 Å². The highest BCUT2D eigenvalue weighted by Gasteiger charge is 2.21. The van der Waals surface area contributed by atoms with Crippen LogP contribution in [0.4, 0.5) is 0 Å². The minimum absolute atomic E-state index is 0.186. The van der Waals surface area contributed by atoms with E-state index in [2.05, 4.69) is 0 Å². The number of rotatable bonds is 11. The van der Waals surface area contributed by atoms with Gasteiger partial charge in [0.25, 0.3) is 0 Å². The van der Waals surface area contributed by atoms with Gasteiger partial charge in [-0.15, -0.1) is 0 Å². The molecule has 0 bridgehead atoms. The highest BCUT2D eigenvalue weighted by atomic mass is 16.6. The van der Waals surface area contributed by atoms with Crippen LogP contribution in [-0.4, -0.2) is 37.9 Å². The number of carbonyl (C=O) groups excluding carboxylic acids is 2. The summed E-state index contributed by atoms with van der Waals surface area (Å²) >= 11 is 0. The topological polar surface area (TPSA) is 71.1 Å². The van der Waals surface area contributed by atoms with Crippen LogP contribution in [0.2, 0.25) is 0 Å². The maximum atomic E-state index is 12.6. The average Bonchev–Trinajstić information content (AvgIpc) is 2.86. The van der Waals surface area contributed by atoms with E-state index in [-0.39, 0.29) is 6.61 Å². The first kappa shape index (κ1) is 24.0. The molecular formula is C27H28O6. The van der Waals surface area contributed by atoms with Crippen LogP contribution >= 0.6 is 0 Å². The molecule has 6 nitrogen and oxygen atoms in total. The normalized spacial score (nSPS) is 11.5. The second kappa shape index (κ2) is 12.4. The van der Waals surface area contributed by atoms with Crippen molar-refractivity contribution in [1.82, 2.24) is 0 Å². The molecule has 0 aliphatic carbocycles. The van der Waals surface area contributed by atoms with E-state index in [0.717, 1.165) is 11.1 Å². The predicted octanol–water partition coefficient (Wildman–Crippen LogP) is 5.31. The molecule has 0 saturated heterocycles. The quantitative estimate of drug-likeness (QED) is 0.225. The lowest BCUT2D eigenvalue weighted by Crippen LogP contribution is -2.30. The first-order valence-corrected chi connectivity index (χ1v) is 11.0. The third-order valence-electron chi connectivity index (χ3n) is 4.85. The zero-order valence-corrected chi connectivity index (χ0v) is 18.9. The fourth-order valence-electron chi connectivity index (χ4n) is 3.08. The van der Waals surface area contributed by atoms with E-state index < -0.39 is 18.0 Å². The molecule has 172 valence electrons. The van der Waals surface area contributed by atoms with E-state index in [9.17, 15) is 9.59 Å². The Morgan fingerprint density at radius 1 is 0.758 bits per heavy atom. The number of hydrogen-bond donors (Lipinski definition) is 0. The molecule has 3 aromatic rings. The summed E-state index contributed by atoms with van der Waals surface area (Å²) in [6, 6.07) is 23.8. The van der Waals surface area contributed by atoms with E-state index >= 15 is 0 Å². The van der Waals surface area contributed by atoms with Crippen molar-refractivity contribution in [3.05, 3.63) is 84.4 Å². The number of hydrogen-bond acceptors (Lipinski definition) is 6. The number of carbonyl (C=O) groups is 2. The fourth-order valence-corrected chi connectivity index (χ4v) is 3.08. The third kappa shape index (κ3) is 7.19. The summed E-state index contributed by atoms with van der Waals surface area (Å²) in [6.45, 7) is 4.83. The van der Waals surface area contributed by atoms with Gasteiger partial charge in [-0.1, -0.05) is 49.4 Å². The summed E-state index contributed by atoms with van der Waals surface area (Å²) in [5.41, 5.74) is 2.54. The predicted molar refractivity (Wildman–Crippen MR) is 125 cm³/mol. The highest BCUT2D eigenvalue weighted by molar-refractivity contribution is 5.89. The van der Waals surface area contributed by atoms with Crippen molar-refractivity contribution < 1.29 is 28.5 Å². The molecule has 1 unspecified atom stereocenters. The van der Waals surface area contributed by atoms with Gasteiger partial charge in [-0.25, -0.2) is 9.59 Å². The van der Waals surface area contributed by atoms with Crippen molar-refractivity contribution in [2.75, 3.05) is 19.8 Å². The maximum Gasteiger partial charge on any atom is 0.352 e. The molecule has 0 spiro atoms. The lowest BCUT2D eigenvalue weighted by atomic mass is 10.1. The van der Waals surface area contributed by atoms with Gasteiger partial charge in [0, 0.05) is 6.61 Å². The van der Waals surface area contributed by atoms with Gasteiger partial charge in [0.1, 0.15) is 18.1 Å². The molecule has 0 amide bonds. The summed E-state index contributed by atoms with van der Waals surface area (Å²) < 4.78 is 21.6. The molecule has 0 fully saturated rings. The third-order valence-corrected chi connectivity index (χ3v) is 4.85. The fraction of sp³-hybridized carbons (Fsp3) is 0.259. The molecule has 3 aromatic carbocycles. The minimum atomic E-state index is -0.754. The van der Waals surface area contributed by atoms with E-state index in [1.807, 2.05) is 68.4 Å². The van der Waals surface area contributed by atoms with Crippen molar-refractivity contribution >= 4 is 11.9 Å². The lowest BCUT2D eigenvalue weighted by Gasteiger charge is -2.17. The van der Waals surface area contributed by atoms with Crippen LogP contribution < -0.4 is 9.47 Å². The van der Waals surface area contributed by atoms with E-state index in [1.54, 1.807) is 24.3 Å². The van der Waals surface area contributed by atoms with E-state index in [0.29, 0.717) is 36.7 Å². The van der Waals surface area contributed by atoms with Gasteiger partial charge in [-0.2, -0.15) is 0 Å². The molecule has 1 atom stereocenters. The summed E-state index contributed by atoms with van der Waals surface area (Å²) in [5.74, 6) is -0.0473. The summed E-state index contributed by atoms with van der Waals surface area (Å²) in [6.07, 6.45) is -0.306. The van der Waals surface area contributed by atoms with Crippen molar-refractivity contribution in [1.29, 1.82) is 0 Å². The highest BCUT2D eigenvalue weighted by Crippen LogP contribution is 2.23. The van der Waals surface area contributed by atoms with Crippen molar-refractivity contribution in [3.8, 4) is 22.6 Å². The molecule has 33 heavy (non-hydrogen) atoms. The van der Waals surface area contributed by atoms with E-state index in [1.165, 1.54) is 0 Å². The Morgan fingerprint density at radius 2 is 1.39 bits per heavy atom. The standard InChI is InChI=1S/C27H28O6/c1-3-25(32-23-14-10-21(11-15-23)20-8-6-5-7-9-20)27(29)33-24-16-12-22(13-17-24)26(28)31-19-18-30-4-2/h5-17,25H,3-4,18-19H2,1-2H3. The Balaban J connectivity index is 1.54. The van der Waals surface area contributed by atoms with Gasteiger partial charge in [-0.3, -0.25) is 0 Å². The average molecular weight is 449 g/mol. The molecule has 0 radical (unpaired) electrons. The summed E-state index contributed by atoms with van der Waals surface area (Å²) in [5, 5.41) is 0. The van der Waals surface area contributed by atoms with Crippen molar-refractivity contribution in [2.45, 2.75) is 26.4 Å². The number of esters is 2. The lowest BCUT2D eigenvalue weighted by molar-refractivity contribution is -0.142. The van der Waals surface area contributed by atoms with Gasteiger partial charge in [0.05, 0.1) is 12.2 Å². The molecule has 0 aromatic heterocycles. The molecular weight excluding hydrogens is 420 g/mol. The van der Waals surface area contributed by atoms with Gasteiger partial charge in [0.2, 0.25) is 0 Å². The molecule has 0 N–H and O–H groups in total. The first-order chi connectivity index (χ1) is 16.1. The monoisotopic (exact) mass is 448 g/mol. The maximum absolute atomic E-state index is 12.6. The summed E-state index contributed by atoms with van der Waals surface area (Å²) in [7, 11) is 0. The molecule has 6 heteroatoms. The van der Waals surface area contributed by atoms with Crippen LogP contribution in [0, 0.1) is 0 Å². The molecule has 0 heterocycles. The Labute approximate surface area is 194 Å². The Morgan fingerprint density at radius 3 is 2.03 bits per heavy atom.